The van der Waals surface area contributed by atoms with Gasteiger partial charge in [0.05, 0.1) is 6.10 Å². The highest BCUT2D eigenvalue weighted by Gasteiger charge is 2.21. The number of hydrogen-bond acceptors (Lipinski definition) is 4. The maximum absolute atomic E-state index is 13.4. The van der Waals surface area contributed by atoms with E-state index in [2.05, 4.69) is 12.6 Å². The van der Waals surface area contributed by atoms with Crippen molar-refractivity contribution < 1.29 is 14.6 Å². The number of halogens is 1. The van der Waals surface area contributed by atoms with Crippen LogP contribution in [0.4, 0.5) is 4.39 Å². The van der Waals surface area contributed by atoms with Gasteiger partial charge in [0.1, 0.15) is 11.9 Å². The highest BCUT2D eigenvalue weighted by Crippen LogP contribution is 2.23. The van der Waals surface area contributed by atoms with Crippen LogP contribution in [0.15, 0.2) is 18.2 Å². The lowest BCUT2D eigenvalue weighted by Crippen LogP contribution is -2.20. The van der Waals surface area contributed by atoms with Crippen LogP contribution in [0, 0.1) is 5.82 Å². The van der Waals surface area contributed by atoms with Gasteiger partial charge in [0.25, 0.3) is 0 Å². The van der Waals surface area contributed by atoms with E-state index in [1.54, 1.807) is 6.07 Å². The Balaban J connectivity index is 2.92. The van der Waals surface area contributed by atoms with Crippen molar-refractivity contribution in [1.82, 2.24) is 0 Å². The third kappa shape index (κ3) is 3.18. The molecular weight excluding hydrogens is 229 g/mol. The molecule has 0 fully saturated rings. The molecule has 1 aromatic rings. The molecule has 0 radical (unpaired) electrons. The third-order valence-corrected chi connectivity index (χ3v) is 2.66. The van der Waals surface area contributed by atoms with Crippen molar-refractivity contribution in [3.63, 3.8) is 0 Å². The molecule has 4 N–H and O–H groups in total. The largest absolute Gasteiger partial charge is 0.390 e. The van der Waals surface area contributed by atoms with Gasteiger partial charge in [-0.1, -0.05) is 6.07 Å². The molecule has 0 heterocycles. The van der Waals surface area contributed by atoms with E-state index in [1.807, 2.05) is 0 Å². The zero-order valence-corrected chi connectivity index (χ0v) is 9.70. The van der Waals surface area contributed by atoms with Crippen LogP contribution in [0.3, 0.4) is 0 Å². The molecule has 5 heteroatoms. The average molecular weight is 245 g/mol. The second-order valence-electron chi connectivity index (χ2n) is 3.58. The van der Waals surface area contributed by atoms with Gasteiger partial charge >= 0.3 is 0 Å². The van der Waals surface area contributed by atoms with E-state index in [4.69, 9.17) is 5.73 Å². The van der Waals surface area contributed by atoms with Crippen molar-refractivity contribution in [2.45, 2.75) is 25.2 Å². The van der Waals surface area contributed by atoms with Crippen molar-refractivity contribution in [1.29, 1.82) is 0 Å². The van der Waals surface area contributed by atoms with E-state index in [9.17, 15) is 14.6 Å². The van der Waals surface area contributed by atoms with Crippen LogP contribution in [0.2, 0.25) is 0 Å². The Bertz CT molecular complexity index is 349. The molecule has 0 amide bonds. The minimum atomic E-state index is -1.24. The van der Waals surface area contributed by atoms with E-state index in [0.717, 1.165) is 0 Å². The highest BCUT2D eigenvalue weighted by molar-refractivity contribution is 7.80. The molecule has 0 aliphatic rings. The van der Waals surface area contributed by atoms with E-state index < -0.39 is 18.0 Å². The molecule has 3 nitrogen and oxygen atoms in total. The number of nitrogens with two attached hydrogens (primary N) is 1. The first kappa shape index (κ1) is 13.4. The first-order chi connectivity index (χ1) is 7.60. The van der Waals surface area contributed by atoms with Crippen LogP contribution < -0.4 is 5.73 Å². The molecule has 16 heavy (non-hydrogen) atoms. The first-order valence-corrected chi connectivity index (χ1v) is 5.68. The SMILES string of the molecule is NCc1ccc(F)c(C(O)C(O)CCS)c1. The molecule has 1 aromatic carbocycles. The van der Waals surface area contributed by atoms with Gasteiger partial charge in [-0.2, -0.15) is 12.6 Å². The normalized spacial score (nSPS) is 14.8. The molecule has 0 aliphatic heterocycles. The Morgan fingerprint density at radius 2 is 2.06 bits per heavy atom. The average Bonchev–Trinajstić information content (AvgIpc) is 2.29. The summed E-state index contributed by atoms with van der Waals surface area (Å²) in [5, 5.41) is 19.3. The van der Waals surface area contributed by atoms with Crippen molar-refractivity contribution >= 4 is 12.6 Å². The summed E-state index contributed by atoms with van der Waals surface area (Å²) in [5.74, 6) is -0.112. The summed E-state index contributed by atoms with van der Waals surface area (Å²) < 4.78 is 13.4. The Kier molecular flexibility index (Phi) is 5.21. The summed E-state index contributed by atoms with van der Waals surface area (Å²) in [7, 11) is 0. The summed E-state index contributed by atoms with van der Waals surface area (Å²) in [6.45, 7) is 0.267. The van der Waals surface area contributed by atoms with Gasteiger partial charge < -0.3 is 15.9 Å². The summed E-state index contributed by atoms with van der Waals surface area (Å²) in [4.78, 5) is 0. The Morgan fingerprint density at radius 1 is 1.38 bits per heavy atom. The Labute approximate surface area is 99.5 Å². The van der Waals surface area contributed by atoms with Crippen LogP contribution >= 0.6 is 12.6 Å². The second kappa shape index (κ2) is 6.20. The lowest BCUT2D eigenvalue weighted by atomic mass is 10.00. The lowest BCUT2D eigenvalue weighted by Gasteiger charge is -2.18. The molecule has 2 unspecified atom stereocenters. The van der Waals surface area contributed by atoms with Crippen LogP contribution in [-0.2, 0) is 6.54 Å². The second-order valence-corrected chi connectivity index (χ2v) is 4.03. The smallest absolute Gasteiger partial charge is 0.129 e. The monoisotopic (exact) mass is 245 g/mol. The maximum atomic E-state index is 13.4. The molecule has 0 spiro atoms. The number of aliphatic hydroxyl groups excluding tert-OH is 2. The number of aliphatic hydroxyl groups is 2. The van der Waals surface area contributed by atoms with Crippen LogP contribution in [0.25, 0.3) is 0 Å². The molecule has 90 valence electrons. The minimum Gasteiger partial charge on any atom is -0.390 e. The predicted molar refractivity (Wildman–Crippen MR) is 63.7 cm³/mol. The summed E-state index contributed by atoms with van der Waals surface area (Å²) in [6.07, 6.45) is -1.95. The summed E-state index contributed by atoms with van der Waals surface area (Å²) in [6, 6.07) is 4.27. The molecule has 0 saturated carbocycles. The van der Waals surface area contributed by atoms with Gasteiger partial charge in [-0.15, -0.1) is 0 Å². The van der Waals surface area contributed by atoms with Gasteiger partial charge in [-0.25, -0.2) is 4.39 Å². The molecule has 0 saturated heterocycles. The maximum Gasteiger partial charge on any atom is 0.129 e. The van der Waals surface area contributed by atoms with Gasteiger partial charge in [0.15, 0.2) is 0 Å². The Hall–Kier alpha value is -0.620. The van der Waals surface area contributed by atoms with E-state index in [0.29, 0.717) is 17.7 Å². The topological polar surface area (TPSA) is 66.5 Å². The Morgan fingerprint density at radius 3 is 2.62 bits per heavy atom. The summed E-state index contributed by atoms with van der Waals surface area (Å²) in [5.41, 5.74) is 6.22. The minimum absolute atomic E-state index is 0.0808. The van der Waals surface area contributed by atoms with E-state index in [-0.39, 0.29) is 12.1 Å². The van der Waals surface area contributed by atoms with Gasteiger partial charge in [0, 0.05) is 12.1 Å². The molecule has 0 aliphatic carbocycles. The standard InChI is InChI=1S/C11H16FNO2S/c12-9-2-1-7(6-13)5-8(9)11(15)10(14)3-4-16/h1-2,5,10-11,14-16H,3-4,6,13H2. The van der Waals surface area contributed by atoms with E-state index >= 15 is 0 Å². The van der Waals surface area contributed by atoms with Crippen molar-refractivity contribution in [3.8, 4) is 0 Å². The fraction of sp³-hybridized carbons (Fsp3) is 0.455. The molecule has 0 bridgehead atoms. The lowest BCUT2D eigenvalue weighted by molar-refractivity contribution is 0.0151. The van der Waals surface area contributed by atoms with Crippen LogP contribution in [-0.4, -0.2) is 22.1 Å². The fourth-order valence-electron chi connectivity index (χ4n) is 1.44. The van der Waals surface area contributed by atoms with Gasteiger partial charge in [-0.3, -0.25) is 0 Å². The van der Waals surface area contributed by atoms with Crippen LogP contribution in [0.5, 0.6) is 0 Å². The molecule has 1 rings (SSSR count). The molecular formula is C11H16FNO2S. The first-order valence-electron chi connectivity index (χ1n) is 5.05. The third-order valence-electron chi connectivity index (χ3n) is 2.40. The quantitative estimate of drug-likeness (QED) is 0.585. The summed E-state index contributed by atoms with van der Waals surface area (Å²) >= 11 is 3.95. The van der Waals surface area contributed by atoms with Gasteiger partial charge in [0.2, 0.25) is 0 Å². The fourth-order valence-corrected chi connectivity index (χ4v) is 1.71. The number of thiol groups is 1. The zero-order valence-electron chi connectivity index (χ0n) is 8.81. The van der Waals surface area contributed by atoms with Crippen LogP contribution in [0.1, 0.15) is 23.7 Å². The number of rotatable bonds is 5. The predicted octanol–water partition coefficient (Wildman–Crippen LogP) is 0.999. The van der Waals surface area contributed by atoms with Crippen molar-refractivity contribution in [3.05, 3.63) is 35.1 Å². The number of hydrogen-bond donors (Lipinski definition) is 4. The zero-order chi connectivity index (χ0) is 12.1. The van der Waals surface area contributed by atoms with Crippen molar-refractivity contribution in [2.24, 2.45) is 5.73 Å². The van der Waals surface area contributed by atoms with Crippen molar-refractivity contribution in [2.75, 3.05) is 5.75 Å². The molecule has 0 aromatic heterocycles. The number of benzene rings is 1. The molecule has 2 atom stereocenters. The highest BCUT2D eigenvalue weighted by atomic mass is 32.1. The van der Waals surface area contributed by atoms with E-state index in [1.165, 1.54) is 12.1 Å². The van der Waals surface area contributed by atoms with Gasteiger partial charge in [-0.05, 0) is 29.9 Å².